The summed E-state index contributed by atoms with van der Waals surface area (Å²) in [6.45, 7) is 7.35. The SMILES string of the molecule is CCn1nccc1CNCC(C)CSC. The molecule has 1 unspecified atom stereocenters. The van der Waals surface area contributed by atoms with E-state index in [0.717, 1.165) is 25.6 Å². The van der Waals surface area contributed by atoms with Crippen molar-refractivity contribution in [2.45, 2.75) is 26.9 Å². The molecule has 0 aliphatic heterocycles. The van der Waals surface area contributed by atoms with Crippen molar-refractivity contribution in [3.8, 4) is 0 Å². The van der Waals surface area contributed by atoms with E-state index in [1.54, 1.807) is 0 Å². The minimum atomic E-state index is 0.734. The molecule has 1 heterocycles. The highest BCUT2D eigenvalue weighted by molar-refractivity contribution is 7.98. The predicted molar refractivity (Wildman–Crippen MR) is 67.2 cm³/mol. The van der Waals surface area contributed by atoms with Gasteiger partial charge in [-0.2, -0.15) is 16.9 Å². The molecule has 1 atom stereocenters. The molecule has 1 aromatic heterocycles. The van der Waals surface area contributed by atoms with Crippen LogP contribution in [0.4, 0.5) is 0 Å². The van der Waals surface area contributed by atoms with Gasteiger partial charge in [-0.15, -0.1) is 0 Å². The number of aryl methyl sites for hydroxylation is 1. The van der Waals surface area contributed by atoms with Crippen molar-refractivity contribution in [3.63, 3.8) is 0 Å². The Morgan fingerprint density at radius 2 is 2.40 bits per heavy atom. The Hall–Kier alpha value is -0.480. The Kier molecular flexibility index (Phi) is 5.79. The van der Waals surface area contributed by atoms with Gasteiger partial charge in [0.25, 0.3) is 0 Å². The lowest BCUT2D eigenvalue weighted by molar-refractivity contribution is 0.530. The zero-order valence-corrected chi connectivity index (χ0v) is 10.7. The van der Waals surface area contributed by atoms with Gasteiger partial charge in [0.05, 0.1) is 5.69 Å². The lowest BCUT2D eigenvalue weighted by Gasteiger charge is -2.11. The fourth-order valence-electron chi connectivity index (χ4n) is 1.59. The molecule has 0 saturated heterocycles. The second-order valence-corrected chi connectivity index (χ2v) is 4.74. The number of rotatable bonds is 7. The Labute approximate surface area is 96.6 Å². The molecule has 0 bridgehead atoms. The fourth-order valence-corrected chi connectivity index (χ4v) is 2.27. The highest BCUT2D eigenvalue weighted by atomic mass is 32.2. The molecule has 0 radical (unpaired) electrons. The number of nitrogens with zero attached hydrogens (tertiary/aromatic N) is 2. The average Bonchev–Trinajstić information content (AvgIpc) is 2.66. The third-order valence-electron chi connectivity index (χ3n) is 2.35. The van der Waals surface area contributed by atoms with Crippen LogP contribution >= 0.6 is 11.8 Å². The van der Waals surface area contributed by atoms with E-state index in [-0.39, 0.29) is 0 Å². The third kappa shape index (κ3) is 4.26. The van der Waals surface area contributed by atoms with E-state index in [2.05, 4.69) is 36.6 Å². The molecule has 0 aromatic carbocycles. The van der Waals surface area contributed by atoms with Crippen molar-refractivity contribution >= 4 is 11.8 Å². The first kappa shape index (κ1) is 12.6. The van der Waals surface area contributed by atoms with Gasteiger partial charge in [-0.25, -0.2) is 0 Å². The van der Waals surface area contributed by atoms with Crippen LogP contribution in [0.1, 0.15) is 19.5 Å². The molecule has 0 aliphatic rings. The van der Waals surface area contributed by atoms with Crippen LogP contribution < -0.4 is 5.32 Å². The van der Waals surface area contributed by atoms with Crippen molar-refractivity contribution in [3.05, 3.63) is 18.0 Å². The maximum atomic E-state index is 4.24. The Morgan fingerprint density at radius 1 is 1.60 bits per heavy atom. The number of hydrogen-bond donors (Lipinski definition) is 1. The summed E-state index contributed by atoms with van der Waals surface area (Å²) in [5, 5.41) is 7.71. The van der Waals surface area contributed by atoms with E-state index in [0.29, 0.717) is 0 Å². The van der Waals surface area contributed by atoms with Gasteiger partial charge in [-0.3, -0.25) is 4.68 Å². The molecule has 4 heteroatoms. The fraction of sp³-hybridized carbons (Fsp3) is 0.727. The molecular formula is C11H21N3S. The van der Waals surface area contributed by atoms with Crippen LogP contribution in [-0.2, 0) is 13.1 Å². The number of hydrogen-bond acceptors (Lipinski definition) is 3. The van der Waals surface area contributed by atoms with Crippen LogP contribution in [0, 0.1) is 5.92 Å². The van der Waals surface area contributed by atoms with Crippen LogP contribution in [-0.4, -0.2) is 28.3 Å². The number of nitrogens with one attached hydrogen (secondary N) is 1. The molecule has 0 saturated carbocycles. The smallest absolute Gasteiger partial charge is 0.0521 e. The summed E-state index contributed by atoms with van der Waals surface area (Å²) in [6, 6.07) is 2.08. The summed E-state index contributed by atoms with van der Waals surface area (Å²) in [4.78, 5) is 0. The molecule has 3 nitrogen and oxygen atoms in total. The van der Waals surface area contributed by atoms with Crippen LogP contribution in [0.15, 0.2) is 12.3 Å². The van der Waals surface area contributed by atoms with Gasteiger partial charge >= 0.3 is 0 Å². The average molecular weight is 227 g/mol. The summed E-state index contributed by atoms with van der Waals surface area (Å²) in [7, 11) is 0. The standard InChI is InChI=1S/C11H21N3S/c1-4-14-11(5-6-13-14)8-12-7-10(2)9-15-3/h5-6,10,12H,4,7-9H2,1-3H3. The van der Waals surface area contributed by atoms with E-state index >= 15 is 0 Å². The van der Waals surface area contributed by atoms with E-state index in [1.807, 2.05) is 22.6 Å². The lowest BCUT2D eigenvalue weighted by atomic mass is 10.2. The summed E-state index contributed by atoms with van der Waals surface area (Å²) in [5.74, 6) is 1.96. The van der Waals surface area contributed by atoms with Crippen molar-refractivity contribution in [1.29, 1.82) is 0 Å². The van der Waals surface area contributed by atoms with Gasteiger partial charge in [0.2, 0.25) is 0 Å². The van der Waals surface area contributed by atoms with Crippen LogP contribution in [0.25, 0.3) is 0 Å². The molecule has 0 amide bonds. The third-order valence-corrected chi connectivity index (χ3v) is 3.26. The van der Waals surface area contributed by atoms with Crippen LogP contribution in [0.5, 0.6) is 0 Å². The second kappa shape index (κ2) is 6.90. The van der Waals surface area contributed by atoms with Crippen molar-refractivity contribution < 1.29 is 0 Å². The largest absolute Gasteiger partial charge is 0.311 e. The van der Waals surface area contributed by atoms with Gasteiger partial charge in [-0.05, 0) is 37.5 Å². The molecule has 1 rings (SSSR count). The Morgan fingerprint density at radius 3 is 3.07 bits per heavy atom. The van der Waals surface area contributed by atoms with Crippen molar-refractivity contribution in [1.82, 2.24) is 15.1 Å². The van der Waals surface area contributed by atoms with E-state index in [4.69, 9.17) is 0 Å². The summed E-state index contributed by atoms with van der Waals surface area (Å²) >= 11 is 1.91. The Balaban J connectivity index is 2.25. The maximum Gasteiger partial charge on any atom is 0.0521 e. The first-order valence-corrected chi connectivity index (χ1v) is 6.87. The Bertz CT molecular complexity index is 273. The van der Waals surface area contributed by atoms with Gasteiger partial charge in [0.1, 0.15) is 0 Å². The topological polar surface area (TPSA) is 29.9 Å². The highest BCUT2D eigenvalue weighted by Crippen LogP contribution is 2.03. The minimum absolute atomic E-state index is 0.734. The molecule has 1 aromatic rings. The van der Waals surface area contributed by atoms with Crippen molar-refractivity contribution in [2.24, 2.45) is 5.92 Å². The van der Waals surface area contributed by atoms with Gasteiger partial charge in [-0.1, -0.05) is 6.92 Å². The number of thioether (sulfide) groups is 1. The maximum absolute atomic E-state index is 4.24. The van der Waals surface area contributed by atoms with E-state index < -0.39 is 0 Å². The van der Waals surface area contributed by atoms with E-state index in [1.165, 1.54) is 11.4 Å². The molecule has 15 heavy (non-hydrogen) atoms. The van der Waals surface area contributed by atoms with Gasteiger partial charge in [0.15, 0.2) is 0 Å². The zero-order chi connectivity index (χ0) is 11.1. The van der Waals surface area contributed by atoms with Crippen LogP contribution in [0.2, 0.25) is 0 Å². The highest BCUT2D eigenvalue weighted by Gasteiger charge is 2.02. The molecular weight excluding hydrogens is 206 g/mol. The van der Waals surface area contributed by atoms with E-state index in [9.17, 15) is 0 Å². The summed E-state index contributed by atoms with van der Waals surface area (Å²) in [6.07, 6.45) is 4.02. The zero-order valence-electron chi connectivity index (χ0n) is 9.86. The molecule has 1 N–H and O–H groups in total. The monoisotopic (exact) mass is 227 g/mol. The quantitative estimate of drug-likeness (QED) is 0.772. The normalized spacial score (nSPS) is 13.0. The van der Waals surface area contributed by atoms with Crippen LogP contribution in [0.3, 0.4) is 0 Å². The van der Waals surface area contributed by atoms with Crippen molar-refractivity contribution in [2.75, 3.05) is 18.6 Å². The lowest BCUT2D eigenvalue weighted by Crippen LogP contribution is -2.23. The first-order valence-electron chi connectivity index (χ1n) is 5.48. The van der Waals surface area contributed by atoms with Gasteiger partial charge in [0, 0.05) is 19.3 Å². The molecule has 0 fully saturated rings. The molecule has 0 spiro atoms. The van der Waals surface area contributed by atoms with Gasteiger partial charge < -0.3 is 5.32 Å². The molecule has 0 aliphatic carbocycles. The first-order chi connectivity index (χ1) is 7.27. The second-order valence-electron chi connectivity index (χ2n) is 3.83. The minimum Gasteiger partial charge on any atom is -0.311 e. The molecule has 86 valence electrons. The summed E-state index contributed by atoms with van der Waals surface area (Å²) < 4.78 is 2.03. The predicted octanol–water partition coefficient (Wildman–Crippen LogP) is 1.99. The summed E-state index contributed by atoms with van der Waals surface area (Å²) in [5.41, 5.74) is 1.27. The number of aromatic nitrogens is 2.